The third-order valence-electron chi connectivity index (χ3n) is 2.52. The Balaban J connectivity index is 2.20. The number of non-ortho nitro benzene ring substituents is 1. The van der Waals surface area contributed by atoms with Gasteiger partial charge in [0.15, 0.2) is 0 Å². The summed E-state index contributed by atoms with van der Waals surface area (Å²) >= 11 is 18.8. The Morgan fingerprint density at radius 3 is 2.57 bits per heavy atom. The number of halogens is 3. The molecule has 0 aliphatic heterocycles. The molecule has 21 heavy (non-hydrogen) atoms. The normalized spacial score (nSPS) is 10.4. The average Bonchev–Trinajstić information content (AvgIpc) is 2.84. The maximum Gasteiger partial charge on any atom is 0.271 e. The molecule has 0 aliphatic rings. The van der Waals surface area contributed by atoms with Gasteiger partial charge in [0.1, 0.15) is 0 Å². The molecule has 0 radical (unpaired) electrons. The molecule has 1 aromatic carbocycles. The van der Waals surface area contributed by atoms with Crippen molar-refractivity contribution in [2.45, 2.75) is 6.54 Å². The minimum atomic E-state index is -0.641. The lowest BCUT2D eigenvalue weighted by molar-refractivity contribution is -0.384. The highest BCUT2D eigenvalue weighted by molar-refractivity contribution is 7.16. The summed E-state index contributed by atoms with van der Waals surface area (Å²) in [6, 6.07) is 5.67. The first-order valence-corrected chi connectivity index (χ1v) is 7.49. The number of carbonyl (C=O) groups is 1. The lowest BCUT2D eigenvalue weighted by Gasteiger charge is -2.07. The fraction of sp³-hybridized carbons (Fsp3) is 0.0833. The van der Waals surface area contributed by atoms with E-state index in [2.05, 4.69) is 5.32 Å². The van der Waals surface area contributed by atoms with E-state index in [4.69, 9.17) is 34.8 Å². The van der Waals surface area contributed by atoms with Crippen LogP contribution in [0.1, 0.15) is 15.2 Å². The number of rotatable bonds is 4. The Bertz CT molecular complexity index is 718. The van der Waals surface area contributed by atoms with Crippen LogP contribution >= 0.6 is 46.1 Å². The lowest BCUT2D eigenvalue weighted by atomic mass is 10.2. The predicted octanol–water partition coefficient (Wildman–Crippen LogP) is 4.55. The zero-order chi connectivity index (χ0) is 15.6. The molecule has 0 unspecified atom stereocenters. The quantitative estimate of drug-likeness (QED) is 0.638. The van der Waals surface area contributed by atoms with Gasteiger partial charge >= 0.3 is 0 Å². The van der Waals surface area contributed by atoms with Gasteiger partial charge in [-0.3, -0.25) is 14.9 Å². The van der Waals surface area contributed by atoms with Crippen LogP contribution in [0.2, 0.25) is 14.4 Å². The molecule has 0 fully saturated rings. The summed E-state index contributed by atoms with van der Waals surface area (Å²) in [5.74, 6) is -0.546. The molecule has 1 aromatic heterocycles. The van der Waals surface area contributed by atoms with Crippen molar-refractivity contribution >= 4 is 57.7 Å². The van der Waals surface area contributed by atoms with Crippen LogP contribution < -0.4 is 5.32 Å². The molecule has 2 rings (SSSR count). The van der Waals surface area contributed by atoms with Gasteiger partial charge in [-0.2, -0.15) is 0 Å². The number of nitro benzene ring substituents is 1. The van der Waals surface area contributed by atoms with Gasteiger partial charge in [0, 0.05) is 17.0 Å². The van der Waals surface area contributed by atoms with Crippen LogP contribution in [0.3, 0.4) is 0 Å². The van der Waals surface area contributed by atoms with Crippen LogP contribution in [-0.2, 0) is 6.54 Å². The summed E-state index contributed by atoms with van der Waals surface area (Å²) in [5, 5.41) is 13.3. The zero-order valence-corrected chi connectivity index (χ0v) is 13.3. The van der Waals surface area contributed by atoms with E-state index in [1.54, 1.807) is 12.1 Å². The highest BCUT2D eigenvalue weighted by atomic mass is 35.5. The fourth-order valence-corrected chi connectivity index (χ4v) is 2.99. The first-order chi connectivity index (χ1) is 9.88. The molecule has 0 saturated carbocycles. The smallest absolute Gasteiger partial charge is 0.271 e. The second-order valence-corrected chi connectivity index (χ2v) is 6.52. The SMILES string of the molecule is O=C(NCc1ccc(Cl)s1)c1cc([N+](=O)[O-])cc(Cl)c1Cl. The van der Waals surface area contributed by atoms with E-state index in [0.717, 1.165) is 17.0 Å². The minimum absolute atomic E-state index is 0.0241. The van der Waals surface area contributed by atoms with Crippen molar-refractivity contribution in [2.24, 2.45) is 0 Å². The number of nitrogens with one attached hydrogen (secondary N) is 1. The number of nitro groups is 1. The van der Waals surface area contributed by atoms with Crippen LogP contribution in [0, 0.1) is 10.1 Å². The molecule has 0 spiro atoms. The van der Waals surface area contributed by atoms with Crippen LogP contribution in [0.25, 0.3) is 0 Å². The standard InChI is InChI=1S/C12H7Cl3N2O3S/c13-9-4-6(17(19)20)3-8(11(9)15)12(18)16-5-7-1-2-10(14)21-7/h1-4H,5H2,(H,16,18). The zero-order valence-electron chi connectivity index (χ0n) is 10.2. The van der Waals surface area contributed by atoms with Crippen molar-refractivity contribution in [2.75, 3.05) is 0 Å². The number of hydrogen-bond donors (Lipinski definition) is 1. The predicted molar refractivity (Wildman–Crippen MR) is 83.6 cm³/mol. The van der Waals surface area contributed by atoms with Gasteiger partial charge < -0.3 is 5.32 Å². The first-order valence-electron chi connectivity index (χ1n) is 5.54. The number of benzene rings is 1. The van der Waals surface area contributed by atoms with Gasteiger partial charge in [0.05, 0.1) is 31.4 Å². The molecule has 0 bridgehead atoms. The number of carbonyl (C=O) groups excluding carboxylic acids is 1. The van der Waals surface area contributed by atoms with E-state index in [-0.39, 0.29) is 27.8 Å². The molecule has 110 valence electrons. The van der Waals surface area contributed by atoms with Gasteiger partial charge in [-0.05, 0) is 12.1 Å². The minimum Gasteiger partial charge on any atom is -0.347 e. The summed E-state index contributed by atoms with van der Waals surface area (Å²) in [4.78, 5) is 23.1. The Kier molecular flexibility index (Phi) is 5.05. The Hall–Kier alpha value is -1.34. The monoisotopic (exact) mass is 364 g/mol. The molecule has 1 heterocycles. The molecule has 2 aromatic rings. The topological polar surface area (TPSA) is 72.2 Å². The summed E-state index contributed by atoms with van der Waals surface area (Å²) in [5.41, 5.74) is -0.341. The maximum absolute atomic E-state index is 12.1. The van der Waals surface area contributed by atoms with Crippen molar-refractivity contribution in [3.63, 3.8) is 0 Å². The Morgan fingerprint density at radius 1 is 1.29 bits per heavy atom. The van der Waals surface area contributed by atoms with E-state index in [9.17, 15) is 14.9 Å². The summed E-state index contributed by atoms with van der Waals surface area (Å²) in [6.45, 7) is 0.243. The van der Waals surface area contributed by atoms with Gasteiger partial charge in [-0.25, -0.2) is 0 Å². The van der Waals surface area contributed by atoms with E-state index < -0.39 is 10.8 Å². The van der Waals surface area contributed by atoms with Gasteiger partial charge in [-0.15, -0.1) is 11.3 Å². The van der Waals surface area contributed by atoms with Crippen molar-refractivity contribution < 1.29 is 9.72 Å². The second-order valence-electron chi connectivity index (χ2n) is 3.93. The van der Waals surface area contributed by atoms with E-state index in [1.807, 2.05) is 0 Å². The average molecular weight is 366 g/mol. The lowest BCUT2D eigenvalue weighted by Crippen LogP contribution is -2.22. The van der Waals surface area contributed by atoms with Gasteiger partial charge in [0.2, 0.25) is 0 Å². The van der Waals surface area contributed by atoms with Gasteiger partial charge in [0.25, 0.3) is 11.6 Å². The van der Waals surface area contributed by atoms with Crippen molar-refractivity contribution in [1.29, 1.82) is 0 Å². The largest absolute Gasteiger partial charge is 0.347 e. The number of amides is 1. The second kappa shape index (κ2) is 6.62. The maximum atomic E-state index is 12.1. The molecule has 5 nitrogen and oxygen atoms in total. The third kappa shape index (κ3) is 3.85. The number of hydrogen-bond acceptors (Lipinski definition) is 4. The molecule has 0 aliphatic carbocycles. The van der Waals surface area contributed by atoms with Crippen LogP contribution in [0.5, 0.6) is 0 Å². The highest BCUT2D eigenvalue weighted by Gasteiger charge is 2.19. The Labute approximate surface area is 138 Å². The molecular weight excluding hydrogens is 359 g/mol. The molecule has 0 atom stereocenters. The number of thiophene rings is 1. The Morgan fingerprint density at radius 2 is 2.00 bits per heavy atom. The van der Waals surface area contributed by atoms with E-state index >= 15 is 0 Å². The molecule has 0 saturated heterocycles. The van der Waals surface area contributed by atoms with Gasteiger partial charge in [-0.1, -0.05) is 34.8 Å². The summed E-state index contributed by atoms with van der Waals surface area (Å²) < 4.78 is 0.607. The van der Waals surface area contributed by atoms with E-state index in [0.29, 0.717) is 4.34 Å². The first kappa shape index (κ1) is 16.0. The third-order valence-corrected chi connectivity index (χ3v) is 4.55. The van der Waals surface area contributed by atoms with Crippen LogP contribution in [0.15, 0.2) is 24.3 Å². The number of nitrogens with zero attached hydrogens (tertiary/aromatic N) is 1. The molecule has 9 heteroatoms. The van der Waals surface area contributed by atoms with Crippen molar-refractivity contribution in [3.05, 3.63) is 59.2 Å². The van der Waals surface area contributed by atoms with E-state index in [1.165, 1.54) is 11.3 Å². The molecular formula is C12H7Cl3N2O3S. The fourth-order valence-electron chi connectivity index (χ4n) is 1.55. The van der Waals surface area contributed by atoms with Crippen LogP contribution in [0.4, 0.5) is 5.69 Å². The summed E-state index contributed by atoms with van der Waals surface area (Å²) in [7, 11) is 0. The van der Waals surface area contributed by atoms with Crippen molar-refractivity contribution in [3.8, 4) is 0 Å². The molecule has 1 amide bonds. The van der Waals surface area contributed by atoms with Crippen LogP contribution in [-0.4, -0.2) is 10.8 Å². The molecule has 1 N–H and O–H groups in total. The summed E-state index contributed by atoms with van der Waals surface area (Å²) in [6.07, 6.45) is 0. The van der Waals surface area contributed by atoms with Crippen molar-refractivity contribution in [1.82, 2.24) is 5.32 Å². The highest BCUT2D eigenvalue weighted by Crippen LogP contribution is 2.31.